The molecule has 3 aromatic rings. The number of anilines is 1. The summed E-state index contributed by atoms with van der Waals surface area (Å²) in [6.07, 6.45) is 0.617. The van der Waals surface area contributed by atoms with Gasteiger partial charge in [-0.15, -0.1) is 0 Å². The molecule has 0 radical (unpaired) electrons. The first kappa shape index (κ1) is 24.0. The molecule has 1 aliphatic heterocycles. The van der Waals surface area contributed by atoms with Gasteiger partial charge in [0.1, 0.15) is 24.0 Å². The monoisotopic (exact) mass is 470 g/mol. The molecule has 34 heavy (non-hydrogen) atoms. The molecule has 182 valence electrons. The van der Waals surface area contributed by atoms with Gasteiger partial charge < -0.3 is 30.3 Å². The number of hydrogen-bond donors (Lipinski definition) is 3. The SMILES string of the molecule is COc1ccc(C[C@@H](N)C(=O)C[C@@H]2[C@H](O)[C@H](n3cnc4c(N(C)C)ncnc43)O[C@@H]2CO)cc1. The number of rotatable bonds is 9. The predicted octanol–water partition coefficient (Wildman–Crippen LogP) is 0.297. The highest BCUT2D eigenvalue weighted by Gasteiger charge is 2.46. The van der Waals surface area contributed by atoms with Crippen LogP contribution in [0.4, 0.5) is 5.82 Å². The van der Waals surface area contributed by atoms with Gasteiger partial charge in [0.05, 0.1) is 32.2 Å². The molecular weight excluding hydrogens is 440 g/mol. The van der Waals surface area contributed by atoms with Crippen LogP contribution in [0.15, 0.2) is 36.9 Å². The van der Waals surface area contributed by atoms with Crippen molar-refractivity contribution in [2.75, 3.05) is 32.7 Å². The molecule has 4 rings (SSSR count). The third kappa shape index (κ3) is 4.60. The fourth-order valence-corrected chi connectivity index (χ4v) is 4.32. The molecule has 1 aliphatic rings. The second-order valence-corrected chi connectivity index (χ2v) is 8.65. The number of imidazole rings is 1. The second kappa shape index (κ2) is 10.0. The number of carbonyl (C=O) groups excluding carboxylic acids is 1. The second-order valence-electron chi connectivity index (χ2n) is 8.65. The largest absolute Gasteiger partial charge is 0.497 e. The molecule has 5 atom stereocenters. The van der Waals surface area contributed by atoms with Gasteiger partial charge in [0.25, 0.3) is 0 Å². The molecule has 0 unspecified atom stereocenters. The lowest BCUT2D eigenvalue weighted by Gasteiger charge is -2.20. The maximum Gasteiger partial charge on any atom is 0.167 e. The van der Waals surface area contributed by atoms with Crippen LogP contribution in [0.25, 0.3) is 11.2 Å². The van der Waals surface area contributed by atoms with E-state index in [1.54, 1.807) is 11.7 Å². The van der Waals surface area contributed by atoms with E-state index in [1.807, 2.05) is 43.3 Å². The number of carbonyl (C=O) groups is 1. The van der Waals surface area contributed by atoms with Crippen molar-refractivity contribution in [1.82, 2.24) is 19.5 Å². The minimum absolute atomic E-state index is 0.0230. The highest BCUT2D eigenvalue weighted by atomic mass is 16.5. The van der Waals surface area contributed by atoms with Crippen LogP contribution >= 0.6 is 0 Å². The van der Waals surface area contributed by atoms with Gasteiger partial charge >= 0.3 is 0 Å². The number of methoxy groups -OCH3 is 1. The van der Waals surface area contributed by atoms with Crippen molar-refractivity contribution < 1.29 is 24.5 Å². The smallest absolute Gasteiger partial charge is 0.167 e. The highest BCUT2D eigenvalue weighted by molar-refractivity contribution is 5.84. The molecule has 1 aromatic carbocycles. The Kier molecular flexibility index (Phi) is 7.08. The van der Waals surface area contributed by atoms with E-state index in [4.69, 9.17) is 15.2 Å². The molecule has 0 amide bonds. The number of aliphatic hydroxyl groups excluding tert-OH is 2. The Morgan fingerprint density at radius 2 is 2.00 bits per heavy atom. The summed E-state index contributed by atoms with van der Waals surface area (Å²) >= 11 is 0. The predicted molar refractivity (Wildman–Crippen MR) is 124 cm³/mol. The van der Waals surface area contributed by atoms with E-state index < -0.39 is 30.4 Å². The average Bonchev–Trinajstić information content (AvgIpc) is 3.40. The highest BCUT2D eigenvalue weighted by Crippen LogP contribution is 2.38. The molecule has 0 saturated carbocycles. The molecule has 3 heterocycles. The van der Waals surface area contributed by atoms with Crippen molar-refractivity contribution in [2.45, 2.75) is 37.3 Å². The van der Waals surface area contributed by atoms with Gasteiger partial charge in [-0.1, -0.05) is 12.1 Å². The Hall–Kier alpha value is -3.12. The van der Waals surface area contributed by atoms with Crippen LogP contribution in [0.1, 0.15) is 18.2 Å². The average molecular weight is 471 g/mol. The molecule has 1 saturated heterocycles. The Bertz CT molecular complexity index is 1130. The van der Waals surface area contributed by atoms with Crippen LogP contribution in [-0.2, 0) is 16.0 Å². The number of Topliss-reactive ketones (excluding diaryl/α,β-unsaturated/α-hetero) is 1. The van der Waals surface area contributed by atoms with E-state index >= 15 is 0 Å². The quantitative estimate of drug-likeness (QED) is 0.398. The number of ketones is 1. The van der Waals surface area contributed by atoms with Gasteiger partial charge in [-0.2, -0.15) is 0 Å². The van der Waals surface area contributed by atoms with E-state index in [1.165, 1.54) is 12.7 Å². The Labute approximate surface area is 197 Å². The molecule has 4 N–H and O–H groups in total. The van der Waals surface area contributed by atoms with E-state index in [2.05, 4.69) is 15.0 Å². The Morgan fingerprint density at radius 1 is 1.26 bits per heavy atom. The van der Waals surface area contributed by atoms with Gasteiger partial charge in [0.2, 0.25) is 0 Å². The third-order valence-electron chi connectivity index (χ3n) is 6.20. The summed E-state index contributed by atoms with van der Waals surface area (Å²) in [4.78, 5) is 27.7. The molecule has 2 aromatic heterocycles. The number of benzene rings is 1. The summed E-state index contributed by atoms with van der Waals surface area (Å²) in [6, 6.07) is 6.60. The normalized spacial score (nSPS) is 23.2. The number of nitrogens with two attached hydrogens (primary N) is 1. The number of aliphatic hydroxyl groups is 2. The summed E-state index contributed by atoms with van der Waals surface area (Å²) in [7, 11) is 5.28. The first-order chi connectivity index (χ1) is 16.3. The maximum atomic E-state index is 12.9. The maximum absolute atomic E-state index is 12.9. The first-order valence-corrected chi connectivity index (χ1v) is 11.0. The van der Waals surface area contributed by atoms with Crippen molar-refractivity contribution >= 4 is 22.8 Å². The van der Waals surface area contributed by atoms with Gasteiger partial charge in [0, 0.05) is 26.4 Å². The van der Waals surface area contributed by atoms with Crippen molar-refractivity contribution in [3.63, 3.8) is 0 Å². The summed E-state index contributed by atoms with van der Waals surface area (Å²) in [6.45, 7) is -0.343. The molecule has 11 heteroatoms. The van der Waals surface area contributed by atoms with Crippen LogP contribution in [0, 0.1) is 5.92 Å². The van der Waals surface area contributed by atoms with Crippen LogP contribution < -0.4 is 15.4 Å². The zero-order valence-electron chi connectivity index (χ0n) is 19.4. The molecule has 0 bridgehead atoms. The van der Waals surface area contributed by atoms with Crippen LogP contribution in [0.2, 0.25) is 0 Å². The summed E-state index contributed by atoms with van der Waals surface area (Å²) in [5.74, 6) is 0.514. The zero-order valence-corrected chi connectivity index (χ0v) is 19.4. The van der Waals surface area contributed by atoms with E-state index in [9.17, 15) is 15.0 Å². The molecule has 0 spiro atoms. The topological polar surface area (TPSA) is 149 Å². The van der Waals surface area contributed by atoms with Crippen LogP contribution in [0.5, 0.6) is 5.75 Å². The zero-order chi connectivity index (χ0) is 24.4. The van der Waals surface area contributed by atoms with Gasteiger partial charge in [-0.3, -0.25) is 9.36 Å². The van der Waals surface area contributed by atoms with E-state index in [0.717, 1.165) is 11.3 Å². The van der Waals surface area contributed by atoms with E-state index in [0.29, 0.717) is 23.4 Å². The van der Waals surface area contributed by atoms with Gasteiger partial charge in [0.15, 0.2) is 23.2 Å². The number of nitrogens with zero attached hydrogens (tertiary/aromatic N) is 5. The minimum Gasteiger partial charge on any atom is -0.497 e. The van der Waals surface area contributed by atoms with Gasteiger partial charge in [-0.25, -0.2) is 15.0 Å². The summed E-state index contributed by atoms with van der Waals surface area (Å²) in [5.41, 5.74) is 8.13. The van der Waals surface area contributed by atoms with Crippen LogP contribution in [-0.4, -0.2) is 81.6 Å². The number of fused-ring (bicyclic) bond motifs is 1. The minimum atomic E-state index is -1.07. The molecule has 1 fully saturated rings. The third-order valence-corrected chi connectivity index (χ3v) is 6.20. The number of hydrogen-bond acceptors (Lipinski definition) is 10. The summed E-state index contributed by atoms with van der Waals surface area (Å²) < 4.78 is 12.7. The van der Waals surface area contributed by atoms with Crippen molar-refractivity contribution in [3.05, 3.63) is 42.5 Å². The fraction of sp³-hybridized carbons (Fsp3) is 0.478. The standard InChI is InChI=1S/C23H30N6O5/c1-28(2)21-19-22(26-11-25-21)29(12-27-19)23-20(32)15(18(10-30)34-23)9-17(31)16(24)8-13-4-6-14(33-3)7-5-13/h4-7,11-12,15-16,18,20,23,30,32H,8-10,24H2,1-3H3/t15-,16+,18+,20-,23+/m0/s1. The molecule has 0 aliphatic carbocycles. The van der Waals surface area contributed by atoms with Crippen molar-refractivity contribution in [2.24, 2.45) is 11.7 Å². The lowest BCUT2D eigenvalue weighted by atomic mass is 9.89. The summed E-state index contributed by atoms with van der Waals surface area (Å²) in [5, 5.41) is 21.0. The molecule has 11 nitrogen and oxygen atoms in total. The molecular formula is C23H30N6O5. The number of ether oxygens (including phenoxy) is 2. The Balaban J connectivity index is 1.49. The first-order valence-electron chi connectivity index (χ1n) is 11.0. The van der Waals surface area contributed by atoms with E-state index in [-0.39, 0.29) is 18.8 Å². The lowest BCUT2D eigenvalue weighted by Crippen LogP contribution is -2.38. The lowest BCUT2D eigenvalue weighted by molar-refractivity contribution is -0.122. The van der Waals surface area contributed by atoms with Gasteiger partial charge in [-0.05, 0) is 24.1 Å². The Morgan fingerprint density at radius 3 is 2.65 bits per heavy atom. The van der Waals surface area contributed by atoms with Crippen molar-refractivity contribution in [3.8, 4) is 5.75 Å². The fourth-order valence-electron chi connectivity index (χ4n) is 4.32. The van der Waals surface area contributed by atoms with Crippen LogP contribution in [0.3, 0.4) is 0 Å². The van der Waals surface area contributed by atoms with Crippen molar-refractivity contribution in [1.29, 1.82) is 0 Å². The number of aromatic nitrogens is 4.